The molecule has 1 aromatic heterocycles. The summed E-state index contributed by atoms with van der Waals surface area (Å²) in [5.41, 5.74) is 6.58. The molecule has 1 aromatic carbocycles. The van der Waals surface area contributed by atoms with E-state index in [0.29, 0.717) is 6.54 Å². The summed E-state index contributed by atoms with van der Waals surface area (Å²) in [5, 5.41) is 3.02. The van der Waals surface area contributed by atoms with Crippen molar-refractivity contribution in [1.29, 1.82) is 0 Å². The van der Waals surface area contributed by atoms with Crippen molar-refractivity contribution in [3.63, 3.8) is 0 Å². The van der Waals surface area contributed by atoms with Crippen molar-refractivity contribution in [2.24, 2.45) is 0 Å². The predicted molar refractivity (Wildman–Crippen MR) is 127 cm³/mol. The molecule has 1 aliphatic rings. The van der Waals surface area contributed by atoms with Gasteiger partial charge in [-0.25, -0.2) is 0 Å². The fourth-order valence-corrected chi connectivity index (χ4v) is 4.07. The molecular formula is C27H34N2O2. The van der Waals surface area contributed by atoms with Gasteiger partial charge in [-0.2, -0.15) is 0 Å². The third-order valence-electron chi connectivity index (χ3n) is 5.82. The van der Waals surface area contributed by atoms with E-state index in [1.165, 1.54) is 27.8 Å². The van der Waals surface area contributed by atoms with Gasteiger partial charge in [-0.15, -0.1) is 0 Å². The monoisotopic (exact) mass is 418 g/mol. The van der Waals surface area contributed by atoms with E-state index in [4.69, 9.17) is 4.74 Å². The molecule has 0 bridgehead atoms. The number of aryl methyl sites for hydroxylation is 2. The van der Waals surface area contributed by atoms with Crippen LogP contribution in [0, 0.1) is 0 Å². The fraction of sp³-hybridized carbons (Fsp3) is 0.407. The number of fused-ring (bicyclic) bond motifs is 1. The van der Waals surface area contributed by atoms with Crippen LogP contribution >= 0.6 is 0 Å². The first kappa shape index (κ1) is 22.8. The Morgan fingerprint density at radius 3 is 2.84 bits per heavy atom. The van der Waals surface area contributed by atoms with Gasteiger partial charge in [0.15, 0.2) is 0 Å². The van der Waals surface area contributed by atoms with Gasteiger partial charge in [0.1, 0.15) is 5.75 Å². The van der Waals surface area contributed by atoms with Crippen molar-refractivity contribution in [3.8, 4) is 5.75 Å². The average molecular weight is 419 g/mol. The molecule has 0 saturated heterocycles. The molecule has 3 rings (SSSR count). The number of benzene rings is 1. The molecule has 1 heterocycles. The van der Waals surface area contributed by atoms with Gasteiger partial charge >= 0.3 is 0 Å². The van der Waals surface area contributed by atoms with Gasteiger partial charge in [-0.1, -0.05) is 31.6 Å². The minimum Gasteiger partial charge on any atom is -0.497 e. The smallest absolute Gasteiger partial charge is 0.243 e. The minimum absolute atomic E-state index is 0.00996. The van der Waals surface area contributed by atoms with Crippen LogP contribution in [0.15, 0.2) is 60.5 Å². The molecule has 31 heavy (non-hydrogen) atoms. The van der Waals surface area contributed by atoms with E-state index in [1.54, 1.807) is 19.4 Å². The molecule has 1 aliphatic carbocycles. The number of rotatable bonds is 11. The molecule has 0 saturated carbocycles. The summed E-state index contributed by atoms with van der Waals surface area (Å²) in [4.78, 5) is 16.5. The van der Waals surface area contributed by atoms with Crippen LogP contribution in [-0.2, 0) is 17.6 Å². The maximum atomic E-state index is 12.3. The highest BCUT2D eigenvalue weighted by Gasteiger charge is 2.18. The lowest BCUT2D eigenvalue weighted by atomic mass is 9.83. The van der Waals surface area contributed by atoms with Crippen molar-refractivity contribution < 1.29 is 9.53 Å². The molecule has 0 aliphatic heterocycles. The zero-order chi connectivity index (χ0) is 21.9. The molecule has 0 unspecified atom stereocenters. The summed E-state index contributed by atoms with van der Waals surface area (Å²) < 4.78 is 5.40. The number of carbonyl (C=O) groups is 1. The molecule has 4 nitrogen and oxygen atoms in total. The van der Waals surface area contributed by atoms with E-state index in [2.05, 4.69) is 35.4 Å². The Morgan fingerprint density at radius 1 is 1.16 bits per heavy atom. The van der Waals surface area contributed by atoms with Gasteiger partial charge in [0.25, 0.3) is 0 Å². The van der Waals surface area contributed by atoms with Crippen LogP contribution in [0.4, 0.5) is 0 Å². The number of hydrogen-bond donors (Lipinski definition) is 1. The predicted octanol–water partition coefficient (Wildman–Crippen LogP) is 5.68. The molecule has 2 aromatic rings. The number of allylic oxidation sites excluding steroid dienone is 3. The van der Waals surface area contributed by atoms with Crippen molar-refractivity contribution in [1.82, 2.24) is 10.3 Å². The van der Waals surface area contributed by atoms with Crippen molar-refractivity contribution in [3.05, 3.63) is 77.1 Å². The lowest BCUT2D eigenvalue weighted by molar-refractivity contribution is -0.116. The number of carbonyl (C=O) groups excluding carboxylic acids is 1. The summed E-state index contributed by atoms with van der Waals surface area (Å²) in [6.45, 7) is 2.92. The normalized spacial score (nSPS) is 13.4. The molecule has 0 radical (unpaired) electrons. The van der Waals surface area contributed by atoms with Crippen LogP contribution in [0.25, 0.3) is 5.57 Å². The number of pyridine rings is 1. The first-order chi connectivity index (χ1) is 15.2. The van der Waals surface area contributed by atoms with E-state index >= 15 is 0 Å². The molecule has 0 spiro atoms. The number of nitrogens with one attached hydrogen (secondary N) is 1. The molecule has 0 atom stereocenters. The van der Waals surface area contributed by atoms with Gasteiger partial charge in [0.05, 0.1) is 7.11 Å². The highest BCUT2D eigenvalue weighted by Crippen LogP contribution is 2.36. The second-order valence-corrected chi connectivity index (χ2v) is 8.07. The largest absolute Gasteiger partial charge is 0.497 e. The zero-order valence-electron chi connectivity index (χ0n) is 18.8. The molecular weight excluding hydrogens is 384 g/mol. The molecule has 164 valence electrons. The van der Waals surface area contributed by atoms with E-state index in [-0.39, 0.29) is 5.91 Å². The SMILES string of the molecule is CCCCC1=C(C=CC(=O)NCCCCc2cccnc2)CCc2cc(OC)ccc21. The van der Waals surface area contributed by atoms with Gasteiger partial charge in [-0.3, -0.25) is 9.78 Å². The van der Waals surface area contributed by atoms with Gasteiger partial charge in [0.2, 0.25) is 5.91 Å². The van der Waals surface area contributed by atoms with Crippen molar-refractivity contribution >= 4 is 11.5 Å². The first-order valence-electron chi connectivity index (χ1n) is 11.5. The van der Waals surface area contributed by atoms with Crippen LogP contribution < -0.4 is 10.1 Å². The standard InChI is InChI=1S/C27H34N2O2/c1-3-4-10-25-22(11-12-23-19-24(31-2)14-15-26(23)25)13-16-27(30)29-18-6-5-8-21-9-7-17-28-20-21/h7,9,13-17,19-20H,3-6,8,10-12,18H2,1-2H3,(H,29,30). The van der Waals surface area contributed by atoms with E-state index in [9.17, 15) is 4.79 Å². The second kappa shape index (κ2) is 12.1. The van der Waals surface area contributed by atoms with Crippen molar-refractivity contribution in [2.45, 2.75) is 58.3 Å². The number of aromatic nitrogens is 1. The second-order valence-electron chi connectivity index (χ2n) is 8.07. The van der Waals surface area contributed by atoms with Gasteiger partial charge in [-0.05, 0) is 91.0 Å². The summed E-state index contributed by atoms with van der Waals surface area (Å²) >= 11 is 0. The van der Waals surface area contributed by atoms with Crippen LogP contribution in [0.5, 0.6) is 5.75 Å². The maximum Gasteiger partial charge on any atom is 0.243 e. The van der Waals surface area contributed by atoms with E-state index in [1.807, 2.05) is 24.4 Å². The average Bonchev–Trinajstić information content (AvgIpc) is 2.81. The summed E-state index contributed by atoms with van der Waals surface area (Å²) in [6.07, 6.45) is 15.8. The van der Waals surface area contributed by atoms with Gasteiger partial charge < -0.3 is 10.1 Å². The van der Waals surface area contributed by atoms with Crippen LogP contribution in [0.2, 0.25) is 0 Å². The van der Waals surface area contributed by atoms with Crippen LogP contribution in [0.3, 0.4) is 0 Å². The topological polar surface area (TPSA) is 51.2 Å². The summed E-state index contributed by atoms with van der Waals surface area (Å²) in [7, 11) is 1.71. The summed E-state index contributed by atoms with van der Waals surface area (Å²) in [5.74, 6) is 0.903. The Balaban J connectivity index is 1.56. The lowest BCUT2D eigenvalue weighted by Gasteiger charge is -2.23. The molecule has 1 amide bonds. The molecule has 1 N–H and O–H groups in total. The highest BCUT2D eigenvalue weighted by atomic mass is 16.5. The first-order valence-corrected chi connectivity index (χ1v) is 11.5. The van der Waals surface area contributed by atoms with Crippen LogP contribution in [0.1, 0.15) is 62.1 Å². The summed E-state index contributed by atoms with van der Waals surface area (Å²) in [6, 6.07) is 10.4. The third-order valence-corrected chi connectivity index (χ3v) is 5.82. The third kappa shape index (κ3) is 6.81. The quantitative estimate of drug-likeness (QED) is 0.377. The minimum atomic E-state index is -0.00996. The molecule has 0 fully saturated rings. The fourth-order valence-electron chi connectivity index (χ4n) is 4.07. The molecule has 4 heteroatoms. The number of unbranched alkanes of at least 4 members (excludes halogenated alkanes) is 2. The number of nitrogens with zero attached hydrogens (tertiary/aromatic N) is 1. The Labute approximate surface area is 186 Å². The number of hydrogen-bond acceptors (Lipinski definition) is 3. The number of ether oxygens (including phenoxy) is 1. The van der Waals surface area contributed by atoms with Crippen LogP contribution in [-0.4, -0.2) is 24.5 Å². The number of amides is 1. The Bertz CT molecular complexity index is 916. The van der Waals surface area contributed by atoms with E-state index < -0.39 is 0 Å². The number of methoxy groups -OCH3 is 1. The Morgan fingerprint density at radius 2 is 2.06 bits per heavy atom. The zero-order valence-corrected chi connectivity index (χ0v) is 18.8. The van der Waals surface area contributed by atoms with Crippen molar-refractivity contribution in [2.75, 3.05) is 13.7 Å². The highest BCUT2D eigenvalue weighted by molar-refractivity contribution is 5.89. The lowest BCUT2D eigenvalue weighted by Crippen LogP contribution is -2.22. The Kier molecular flexibility index (Phi) is 8.89. The van der Waals surface area contributed by atoms with E-state index in [0.717, 1.165) is 57.1 Å². The Hall–Kier alpha value is -2.88. The van der Waals surface area contributed by atoms with Gasteiger partial charge in [0, 0.05) is 25.0 Å². The maximum absolute atomic E-state index is 12.3.